The lowest BCUT2D eigenvalue weighted by molar-refractivity contribution is -0.151. The maximum atomic E-state index is 10.9. The van der Waals surface area contributed by atoms with E-state index >= 15 is 0 Å². The Morgan fingerprint density at radius 3 is 2.50 bits per heavy atom. The van der Waals surface area contributed by atoms with Crippen LogP contribution in [0.4, 0.5) is 0 Å². The summed E-state index contributed by atoms with van der Waals surface area (Å²) in [5, 5.41) is 0. The number of rotatable bonds is 5. The van der Waals surface area contributed by atoms with Gasteiger partial charge in [0.1, 0.15) is 6.10 Å². The van der Waals surface area contributed by atoms with Crippen LogP contribution in [0.1, 0.15) is 53.9 Å². The molecule has 0 aromatic heterocycles. The Balaban J connectivity index is 2.43. The van der Waals surface area contributed by atoms with E-state index in [1.807, 2.05) is 6.92 Å². The number of ether oxygens (including phenoxy) is 2. The normalized spacial score (nSPS) is 30.2. The van der Waals surface area contributed by atoms with Crippen LogP contribution < -0.4 is 0 Å². The van der Waals surface area contributed by atoms with Crippen LogP contribution in [0.25, 0.3) is 0 Å². The minimum atomic E-state index is -0.233. The molecule has 0 bridgehead atoms. The standard InChI is InChI=1S/C15H28O3/c1-10(2)14-7-6-11(3)8-15(14)17-9-12(4)18-13(5)16/h10-12,14-15H,6-9H2,1-5H3. The number of hydrogen-bond donors (Lipinski definition) is 0. The zero-order chi connectivity index (χ0) is 13.7. The molecule has 0 aliphatic heterocycles. The van der Waals surface area contributed by atoms with Gasteiger partial charge in [0.05, 0.1) is 12.7 Å². The Hall–Kier alpha value is -0.570. The zero-order valence-electron chi connectivity index (χ0n) is 12.4. The predicted molar refractivity (Wildman–Crippen MR) is 72.3 cm³/mol. The van der Waals surface area contributed by atoms with Crippen LogP contribution in [-0.2, 0) is 14.3 Å². The van der Waals surface area contributed by atoms with Gasteiger partial charge < -0.3 is 9.47 Å². The van der Waals surface area contributed by atoms with Crippen LogP contribution >= 0.6 is 0 Å². The van der Waals surface area contributed by atoms with Crippen molar-refractivity contribution in [1.29, 1.82) is 0 Å². The fraction of sp³-hybridized carbons (Fsp3) is 0.933. The van der Waals surface area contributed by atoms with E-state index in [1.54, 1.807) is 0 Å². The van der Waals surface area contributed by atoms with Gasteiger partial charge in [0.2, 0.25) is 0 Å². The zero-order valence-corrected chi connectivity index (χ0v) is 12.4. The van der Waals surface area contributed by atoms with Crippen LogP contribution in [0, 0.1) is 17.8 Å². The van der Waals surface area contributed by atoms with E-state index in [0.29, 0.717) is 24.5 Å². The van der Waals surface area contributed by atoms with E-state index < -0.39 is 0 Å². The van der Waals surface area contributed by atoms with Crippen LogP contribution in [-0.4, -0.2) is 24.8 Å². The summed E-state index contributed by atoms with van der Waals surface area (Å²) in [6.07, 6.45) is 3.88. The summed E-state index contributed by atoms with van der Waals surface area (Å²) in [6.45, 7) is 10.7. The van der Waals surface area contributed by atoms with Gasteiger partial charge in [-0.05, 0) is 37.5 Å². The van der Waals surface area contributed by atoms with Crippen molar-refractivity contribution in [3.8, 4) is 0 Å². The fourth-order valence-corrected chi connectivity index (χ4v) is 2.88. The van der Waals surface area contributed by atoms with Crippen LogP contribution in [0.15, 0.2) is 0 Å². The van der Waals surface area contributed by atoms with Gasteiger partial charge in [-0.3, -0.25) is 4.79 Å². The van der Waals surface area contributed by atoms with Gasteiger partial charge in [0, 0.05) is 6.92 Å². The maximum Gasteiger partial charge on any atom is 0.302 e. The van der Waals surface area contributed by atoms with Gasteiger partial charge in [0.25, 0.3) is 0 Å². The molecule has 0 spiro atoms. The van der Waals surface area contributed by atoms with E-state index in [4.69, 9.17) is 9.47 Å². The van der Waals surface area contributed by atoms with Gasteiger partial charge in [-0.15, -0.1) is 0 Å². The van der Waals surface area contributed by atoms with Crippen molar-refractivity contribution in [2.24, 2.45) is 17.8 Å². The fourth-order valence-electron chi connectivity index (χ4n) is 2.88. The molecular formula is C15H28O3. The second-order valence-electron chi connectivity index (χ2n) is 6.12. The third-order valence-corrected chi connectivity index (χ3v) is 3.87. The second kappa shape index (κ2) is 7.13. The molecular weight excluding hydrogens is 228 g/mol. The van der Waals surface area contributed by atoms with Crippen molar-refractivity contribution in [2.75, 3.05) is 6.61 Å². The molecule has 0 N–H and O–H groups in total. The smallest absolute Gasteiger partial charge is 0.302 e. The van der Waals surface area contributed by atoms with Crippen molar-refractivity contribution < 1.29 is 14.3 Å². The summed E-state index contributed by atoms with van der Waals surface area (Å²) in [6, 6.07) is 0. The second-order valence-corrected chi connectivity index (χ2v) is 6.12. The third kappa shape index (κ3) is 4.97. The monoisotopic (exact) mass is 256 g/mol. The summed E-state index contributed by atoms with van der Waals surface area (Å²) in [7, 11) is 0. The van der Waals surface area contributed by atoms with Crippen molar-refractivity contribution in [3.63, 3.8) is 0 Å². The van der Waals surface area contributed by atoms with Crippen molar-refractivity contribution in [1.82, 2.24) is 0 Å². The summed E-state index contributed by atoms with van der Waals surface area (Å²) >= 11 is 0. The Kier molecular flexibility index (Phi) is 6.13. The maximum absolute atomic E-state index is 10.9. The molecule has 4 atom stereocenters. The highest BCUT2D eigenvalue weighted by atomic mass is 16.6. The van der Waals surface area contributed by atoms with Gasteiger partial charge >= 0.3 is 5.97 Å². The van der Waals surface area contributed by atoms with E-state index in [0.717, 1.165) is 12.3 Å². The lowest BCUT2D eigenvalue weighted by atomic mass is 9.75. The number of carbonyl (C=O) groups excluding carboxylic acids is 1. The Morgan fingerprint density at radius 2 is 1.94 bits per heavy atom. The quantitative estimate of drug-likeness (QED) is 0.707. The lowest BCUT2D eigenvalue weighted by Crippen LogP contribution is -2.36. The molecule has 0 amide bonds. The molecule has 1 aliphatic rings. The molecule has 1 aliphatic carbocycles. The highest BCUT2D eigenvalue weighted by Gasteiger charge is 2.31. The summed E-state index contributed by atoms with van der Waals surface area (Å²) in [4.78, 5) is 10.9. The van der Waals surface area contributed by atoms with Crippen molar-refractivity contribution in [2.45, 2.75) is 66.1 Å². The molecule has 1 fully saturated rings. The first-order chi connectivity index (χ1) is 8.40. The Labute approximate surface area is 111 Å². The van der Waals surface area contributed by atoms with Crippen molar-refractivity contribution >= 4 is 5.97 Å². The largest absolute Gasteiger partial charge is 0.460 e. The molecule has 3 heteroatoms. The molecule has 3 nitrogen and oxygen atoms in total. The number of hydrogen-bond acceptors (Lipinski definition) is 3. The predicted octanol–water partition coefficient (Wildman–Crippen LogP) is 3.42. The SMILES string of the molecule is CC(=O)OC(C)COC1CC(C)CCC1C(C)C. The first-order valence-corrected chi connectivity index (χ1v) is 7.19. The molecule has 0 aromatic carbocycles. The molecule has 0 saturated heterocycles. The highest BCUT2D eigenvalue weighted by Crippen LogP contribution is 2.35. The van der Waals surface area contributed by atoms with E-state index in [1.165, 1.54) is 19.8 Å². The topological polar surface area (TPSA) is 35.5 Å². The van der Waals surface area contributed by atoms with Crippen LogP contribution in [0.5, 0.6) is 0 Å². The van der Waals surface area contributed by atoms with Gasteiger partial charge in [-0.1, -0.05) is 27.2 Å². The summed E-state index contributed by atoms with van der Waals surface area (Å²) in [5.41, 5.74) is 0. The average molecular weight is 256 g/mol. The molecule has 106 valence electrons. The van der Waals surface area contributed by atoms with Gasteiger partial charge in [-0.2, -0.15) is 0 Å². The molecule has 0 aromatic rings. The number of carbonyl (C=O) groups is 1. The minimum Gasteiger partial charge on any atom is -0.460 e. The molecule has 0 heterocycles. The summed E-state index contributed by atoms with van der Waals surface area (Å²) in [5.74, 6) is 1.81. The molecule has 18 heavy (non-hydrogen) atoms. The number of esters is 1. The van der Waals surface area contributed by atoms with Gasteiger partial charge in [-0.25, -0.2) is 0 Å². The molecule has 0 radical (unpaired) electrons. The van der Waals surface area contributed by atoms with E-state index in [2.05, 4.69) is 20.8 Å². The van der Waals surface area contributed by atoms with E-state index in [9.17, 15) is 4.79 Å². The van der Waals surface area contributed by atoms with E-state index in [-0.39, 0.29) is 12.1 Å². The molecule has 1 rings (SSSR count). The minimum absolute atomic E-state index is 0.146. The lowest BCUT2D eigenvalue weighted by Gasteiger charge is -2.37. The first kappa shape index (κ1) is 15.5. The average Bonchev–Trinajstić information content (AvgIpc) is 2.25. The van der Waals surface area contributed by atoms with Crippen molar-refractivity contribution in [3.05, 3.63) is 0 Å². The third-order valence-electron chi connectivity index (χ3n) is 3.87. The van der Waals surface area contributed by atoms with Gasteiger partial charge in [0.15, 0.2) is 0 Å². The Bertz CT molecular complexity index is 262. The molecule has 1 saturated carbocycles. The van der Waals surface area contributed by atoms with Crippen LogP contribution in [0.2, 0.25) is 0 Å². The first-order valence-electron chi connectivity index (χ1n) is 7.19. The highest BCUT2D eigenvalue weighted by molar-refractivity contribution is 5.66. The Morgan fingerprint density at radius 1 is 1.28 bits per heavy atom. The van der Waals surface area contributed by atoms with Crippen LogP contribution in [0.3, 0.4) is 0 Å². The molecule has 4 unspecified atom stereocenters. The summed E-state index contributed by atoms with van der Waals surface area (Å²) < 4.78 is 11.1.